The first kappa shape index (κ1) is 16.9. The predicted molar refractivity (Wildman–Crippen MR) is 76.4 cm³/mol. The number of methoxy groups -OCH3 is 1. The number of hydrogen-bond donors (Lipinski definition) is 1. The average molecular weight is 243 g/mol. The number of hydrogen-bond acceptors (Lipinski definition) is 2. The van der Waals surface area contributed by atoms with Crippen LogP contribution in [0.15, 0.2) is 0 Å². The highest BCUT2D eigenvalue weighted by atomic mass is 16.5. The summed E-state index contributed by atoms with van der Waals surface area (Å²) in [6.45, 7) is 15.7. The molecular weight excluding hydrogens is 210 g/mol. The van der Waals surface area contributed by atoms with Crippen LogP contribution >= 0.6 is 0 Å². The van der Waals surface area contributed by atoms with Crippen molar-refractivity contribution >= 4 is 0 Å². The zero-order valence-electron chi connectivity index (χ0n) is 13.0. The van der Waals surface area contributed by atoms with E-state index in [0.717, 1.165) is 25.4 Å². The van der Waals surface area contributed by atoms with Gasteiger partial charge in [-0.15, -0.1) is 0 Å². The van der Waals surface area contributed by atoms with Crippen LogP contribution in [0.25, 0.3) is 0 Å². The van der Waals surface area contributed by atoms with Gasteiger partial charge in [0.1, 0.15) is 0 Å². The predicted octanol–water partition coefficient (Wildman–Crippen LogP) is 3.85. The summed E-state index contributed by atoms with van der Waals surface area (Å²) in [6, 6.07) is 0. The molecule has 2 nitrogen and oxygen atoms in total. The first-order valence-corrected chi connectivity index (χ1v) is 7.00. The Morgan fingerprint density at radius 1 is 1.12 bits per heavy atom. The van der Waals surface area contributed by atoms with E-state index in [1.165, 1.54) is 12.8 Å². The van der Waals surface area contributed by atoms with Gasteiger partial charge >= 0.3 is 0 Å². The fraction of sp³-hybridized carbons (Fsp3) is 1.00. The molecule has 2 heteroatoms. The minimum Gasteiger partial charge on any atom is -0.379 e. The fourth-order valence-corrected chi connectivity index (χ4v) is 1.76. The maximum absolute atomic E-state index is 5.50. The van der Waals surface area contributed by atoms with Crippen molar-refractivity contribution in [3.63, 3.8) is 0 Å². The van der Waals surface area contributed by atoms with Crippen molar-refractivity contribution in [2.45, 2.75) is 66.4 Å². The Labute approximate surface area is 109 Å². The van der Waals surface area contributed by atoms with E-state index in [9.17, 15) is 0 Å². The molecule has 0 radical (unpaired) electrons. The number of rotatable bonds is 9. The normalized spacial score (nSPS) is 16.2. The molecule has 104 valence electrons. The molecule has 17 heavy (non-hydrogen) atoms. The van der Waals surface area contributed by atoms with Crippen molar-refractivity contribution < 1.29 is 4.74 Å². The van der Waals surface area contributed by atoms with Crippen LogP contribution in [0.5, 0.6) is 0 Å². The molecule has 0 aromatic heterocycles. The zero-order valence-corrected chi connectivity index (χ0v) is 13.0. The van der Waals surface area contributed by atoms with Crippen LogP contribution in [0.2, 0.25) is 0 Å². The highest BCUT2D eigenvalue weighted by Gasteiger charge is 2.26. The van der Waals surface area contributed by atoms with Gasteiger partial charge in [-0.1, -0.05) is 27.7 Å². The molecule has 0 saturated carbocycles. The number of ether oxygens (including phenoxy) is 1. The monoisotopic (exact) mass is 243 g/mol. The van der Waals surface area contributed by atoms with E-state index in [2.05, 4.69) is 46.9 Å². The zero-order chi connectivity index (χ0) is 13.5. The Hall–Kier alpha value is -0.0800. The summed E-state index contributed by atoms with van der Waals surface area (Å²) in [6.07, 6.45) is 3.56. The van der Waals surface area contributed by atoms with Gasteiger partial charge in [0.25, 0.3) is 0 Å². The molecule has 0 fully saturated rings. The lowest BCUT2D eigenvalue weighted by atomic mass is 9.80. The van der Waals surface area contributed by atoms with E-state index in [1.54, 1.807) is 7.11 Å². The van der Waals surface area contributed by atoms with Gasteiger partial charge in [0, 0.05) is 13.7 Å². The van der Waals surface area contributed by atoms with Gasteiger partial charge < -0.3 is 10.1 Å². The highest BCUT2D eigenvalue weighted by Crippen LogP contribution is 2.30. The Balaban J connectivity index is 4.09. The third-order valence-corrected chi connectivity index (χ3v) is 3.84. The molecule has 0 amide bonds. The molecule has 0 aliphatic rings. The number of nitrogens with one attached hydrogen (secondary N) is 1. The van der Waals surface area contributed by atoms with Crippen LogP contribution in [-0.4, -0.2) is 25.8 Å². The molecule has 0 aromatic carbocycles. The smallest absolute Gasteiger partial charge is 0.0623 e. The average Bonchev–Trinajstić information content (AvgIpc) is 2.26. The Bertz CT molecular complexity index is 201. The minimum atomic E-state index is 0.00841. The van der Waals surface area contributed by atoms with E-state index in [1.807, 2.05) is 0 Å². The molecule has 1 atom stereocenters. The Morgan fingerprint density at radius 2 is 1.71 bits per heavy atom. The maximum atomic E-state index is 5.50. The summed E-state index contributed by atoms with van der Waals surface area (Å²) in [5, 5.41) is 3.59. The largest absolute Gasteiger partial charge is 0.379 e. The van der Waals surface area contributed by atoms with Crippen molar-refractivity contribution in [3.05, 3.63) is 0 Å². The van der Waals surface area contributed by atoms with Crippen LogP contribution < -0.4 is 5.32 Å². The van der Waals surface area contributed by atoms with Crippen LogP contribution in [0.3, 0.4) is 0 Å². The van der Waals surface area contributed by atoms with Crippen molar-refractivity contribution in [3.8, 4) is 0 Å². The summed E-state index contributed by atoms with van der Waals surface area (Å²) >= 11 is 0. The molecule has 0 heterocycles. The summed E-state index contributed by atoms with van der Waals surface area (Å²) in [5.41, 5.74) is 0.402. The van der Waals surface area contributed by atoms with Crippen molar-refractivity contribution in [2.24, 2.45) is 11.3 Å². The second-order valence-corrected chi connectivity index (χ2v) is 6.65. The molecule has 0 aliphatic heterocycles. The molecule has 0 saturated heterocycles. The van der Waals surface area contributed by atoms with Crippen molar-refractivity contribution in [1.82, 2.24) is 5.32 Å². The van der Waals surface area contributed by atoms with Crippen LogP contribution in [0, 0.1) is 11.3 Å². The standard InChI is InChI=1S/C15H33NO/c1-8-15(6,12-16-11-13(2)3)10-9-14(4,5)17-7/h13,16H,8-12H2,1-7H3. The summed E-state index contributed by atoms with van der Waals surface area (Å²) in [7, 11) is 1.81. The quantitative estimate of drug-likeness (QED) is 0.664. The van der Waals surface area contributed by atoms with E-state index >= 15 is 0 Å². The molecule has 0 bridgehead atoms. The third kappa shape index (κ3) is 7.77. The SMILES string of the molecule is CCC(C)(CCC(C)(C)OC)CNCC(C)C. The van der Waals surface area contributed by atoms with E-state index in [0.29, 0.717) is 5.41 Å². The minimum absolute atomic E-state index is 0.00841. The Morgan fingerprint density at radius 3 is 2.12 bits per heavy atom. The van der Waals surface area contributed by atoms with E-state index in [4.69, 9.17) is 4.74 Å². The summed E-state index contributed by atoms with van der Waals surface area (Å²) in [4.78, 5) is 0. The van der Waals surface area contributed by atoms with Crippen molar-refractivity contribution in [1.29, 1.82) is 0 Å². The van der Waals surface area contributed by atoms with Crippen molar-refractivity contribution in [2.75, 3.05) is 20.2 Å². The maximum Gasteiger partial charge on any atom is 0.0623 e. The van der Waals surface area contributed by atoms with Gasteiger partial charge in [0.05, 0.1) is 5.60 Å². The van der Waals surface area contributed by atoms with Gasteiger partial charge in [0.15, 0.2) is 0 Å². The van der Waals surface area contributed by atoms with Gasteiger partial charge in [0.2, 0.25) is 0 Å². The lowest BCUT2D eigenvalue weighted by Gasteiger charge is -2.33. The molecular formula is C15H33NO. The van der Waals surface area contributed by atoms with Gasteiger partial charge in [-0.05, 0) is 51.0 Å². The molecule has 0 aromatic rings. The lowest BCUT2D eigenvalue weighted by molar-refractivity contribution is 0.00428. The van der Waals surface area contributed by atoms with Gasteiger partial charge in [-0.2, -0.15) is 0 Å². The summed E-state index contributed by atoms with van der Waals surface area (Å²) in [5.74, 6) is 0.728. The second kappa shape index (κ2) is 7.38. The summed E-state index contributed by atoms with van der Waals surface area (Å²) < 4.78 is 5.50. The van der Waals surface area contributed by atoms with Crippen LogP contribution in [0.1, 0.15) is 60.8 Å². The lowest BCUT2D eigenvalue weighted by Crippen LogP contribution is -2.35. The van der Waals surface area contributed by atoms with Gasteiger partial charge in [-0.25, -0.2) is 0 Å². The fourth-order valence-electron chi connectivity index (χ4n) is 1.76. The molecule has 0 aliphatic carbocycles. The highest BCUT2D eigenvalue weighted by molar-refractivity contribution is 4.80. The topological polar surface area (TPSA) is 21.3 Å². The van der Waals surface area contributed by atoms with E-state index in [-0.39, 0.29) is 5.60 Å². The molecule has 1 N–H and O–H groups in total. The van der Waals surface area contributed by atoms with E-state index < -0.39 is 0 Å². The first-order chi connectivity index (χ1) is 7.74. The molecule has 0 rings (SSSR count). The third-order valence-electron chi connectivity index (χ3n) is 3.84. The molecule has 1 unspecified atom stereocenters. The van der Waals surface area contributed by atoms with Gasteiger partial charge in [-0.3, -0.25) is 0 Å². The van der Waals surface area contributed by atoms with Crippen LogP contribution in [0.4, 0.5) is 0 Å². The first-order valence-electron chi connectivity index (χ1n) is 7.00. The second-order valence-electron chi connectivity index (χ2n) is 6.65. The molecule has 0 spiro atoms. The van der Waals surface area contributed by atoms with Crippen LogP contribution in [-0.2, 0) is 4.74 Å². The Kier molecular flexibility index (Phi) is 7.34.